The number of quaternary nitrogens is 1. The molecule has 2 aliphatic rings. The molecule has 7 rings (SSSR count). The van der Waals surface area contributed by atoms with Crippen LogP contribution >= 0.6 is 11.5 Å². The molecule has 1 saturated carbocycles. The fourth-order valence-corrected chi connectivity index (χ4v) is 6.47. The van der Waals surface area contributed by atoms with Gasteiger partial charge in [-0.3, -0.25) is 14.0 Å². The predicted octanol–water partition coefficient (Wildman–Crippen LogP) is 1.44. The molecule has 1 aliphatic carbocycles. The molecule has 1 aliphatic heterocycles. The van der Waals surface area contributed by atoms with E-state index in [0.717, 1.165) is 30.6 Å². The van der Waals surface area contributed by atoms with Crippen molar-refractivity contribution in [2.24, 2.45) is 5.73 Å². The van der Waals surface area contributed by atoms with Gasteiger partial charge in [-0.15, -0.1) is 10.2 Å². The van der Waals surface area contributed by atoms with Gasteiger partial charge in [0.05, 0.1) is 47.2 Å². The maximum Gasteiger partial charge on any atom is 0.254 e. The first kappa shape index (κ1) is 26.6. The topological polar surface area (TPSA) is 195 Å². The second-order valence-electron chi connectivity index (χ2n) is 10.7. The third-order valence-electron chi connectivity index (χ3n) is 7.93. The summed E-state index contributed by atoms with van der Waals surface area (Å²) in [5.74, 6) is 0.357. The molecule has 1 amide bonds. The lowest BCUT2D eigenvalue weighted by molar-refractivity contribution is -0.427. The second kappa shape index (κ2) is 10.8. The van der Waals surface area contributed by atoms with Gasteiger partial charge >= 0.3 is 0 Å². The number of ether oxygens (including phenoxy) is 1. The Morgan fingerprint density at radius 2 is 2.02 bits per heavy atom. The Labute approximate surface area is 242 Å². The zero-order chi connectivity index (χ0) is 28.8. The first-order valence-electron chi connectivity index (χ1n) is 13.9. The number of anilines is 2. The highest BCUT2D eigenvalue weighted by Gasteiger charge is 2.28. The van der Waals surface area contributed by atoms with Crippen molar-refractivity contribution in [1.29, 1.82) is 0 Å². The largest absolute Gasteiger partial charge is 0.456 e. The number of carbonyl (C=O) groups is 1. The molecule has 218 valence electrons. The van der Waals surface area contributed by atoms with E-state index in [1.165, 1.54) is 30.2 Å². The minimum atomic E-state index is -0.650. The first-order valence-corrected chi connectivity index (χ1v) is 14.7. The molecular weight excluding hydrogens is 562 g/mol. The van der Waals surface area contributed by atoms with Crippen molar-refractivity contribution < 1.29 is 24.1 Å². The molecule has 2 fully saturated rings. The third kappa shape index (κ3) is 4.78. The van der Waals surface area contributed by atoms with Crippen molar-refractivity contribution in [3.8, 4) is 10.4 Å². The number of amides is 1. The van der Waals surface area contributed by atoms with Gasteiger partial charge in [-0.2, -0.15) is 4.37 Å². The lowest BCUT2D eigenvalue weighted by Crippen LogP contribution is -2.68. The Balaban J connectivity index is 1.23. The quantitative estimate of drug-likeness (QED) is 0.247. The van der Waals surface area contributed by atoms with Gasteiger partial charge in [-0.1, -0.05) is 6.42 Å². The van der Waals surface area contributed by atoms with Gasteiger partial charge in [0, 0.05) is 25.9 Å². The normalized spacial score (nSPS) is 19.5. The molecule has 0 spiro atoms. The summed E-state index contributed by atoms with van der Waals surface area (Å²) in [5, 5.41) is 11.7. The molecule has 0 radical (unpaired) electrons. The van der Waals surface area contributed by atoms with E-state index in [1.807, 2.05) is 11.0 Å². The highest BCUT2D eigenvalue weighted by molar-refractivity contribution is 7.09. The van der Waals surface area contributed by atoms with Gasteiger partial charge < -0.3 is 35.3 Å². The standard InChI is InChI=1S/C27H29N9O5S/c28-16-3-1-2-4-17(16)31-27-32-18(22(25(29)38)26-33-30-13-36(26)27)9-14-10-20(42-34-14)15-12-40-24-19(37)11-21(41-23(15)24)35-5-7-39-8-6-35/h10-13,16-17H,1-9,28H2,(H2,29,38)(H,31,32)/p+1/t16-,17+/m1/s1. The summed E-state index contributed by atoms with van der Waals surface area (Å²) < 4.78 is 23.5. The summed E-state index contributed by atoms with van der Waals surface area (Å²) in [7, 11) is 0. The van der Waals surface area contributed by atoms with Crippen LogP contribution in [0.3, 0.4) is 0 Å². The number of morpholine rings is 1. The average Bonchev–Trinajstić information content (AvgIpc) is 3.75. The number of primary amides is 1. The van der Waals surface area contributed by atoms with E-state index < -0.39 is 5.91 Å². The molecular formula is C27H30N9O5S+. The van der Waals surface area contributed by atoms with Gasteiger partial charge in [0.15, 0.2) is 17.1 Å². The van der Waals surface area contributed by atoms with E-state index in [0.29, 0.717) is 66.3 Å². The van der Waals surface area contributed by atoms with Gasteiger partial charge in [0.1, 0.15) is 24.2 Å². The maximum absolute atomic E-state index is 12.8. The molecule has 1 saturated heterocycles. The van der Waals surface area contributed by atoms with E-state index in [1.54, 1.807) is 4.40 Å². The first-order chi connectivity index (χ1) is 20.5. The van der Waals surface area contributed by atoms with E-state index in [-0.39, 0.29) is 35.1 Å². The van der Waals surface area contributed by atoms with E-state index in [2.05, 4.69) is 25.6 Å². The van der Waals surface area contributed by atoms with Gasteiger partial charge in [-0.05, 0) is 30.4 Å². The molecule has 0 aromatic carbocycles. The number of hydrogen-bond donors (Lipinski definition) is 3. The molecule has 5 aromatic heterocycles. The Morgan fingerprint density at radius 3 is 2.83 bits per heavy atom. The number of fused-ring (bicyclic) bond motifs is 2. The number of nitrogens with two attached hydrogens (primary N) is 1. The van der Waals surface area contributed by atoms with Crippen LogP contribution in [-0.4, -0.2) is 68.2 Å². The molecule has 2 atom stereocenters. The molecule has 6 heterocycles. The smallest absolute Gasteiger partial charge is 0.254 e. The van der Waals surface area contributed by atoms with Crippen LogP contribution in [0.1, 0.15) is 47.4 Å². The van der Waals surface area contributed by atoms with Crippen LogP contribution in [0.4, 0.5) is 11.8 Å². The second-order valence-corrected chi connectivity index (χ2v) is 11.5. The van der Waals surface area contributed by atoms with Crippen LogP contribution in [0, 0.1) is 0 Å². The summed E-state index contributed by atoms with van der Waals surface area (Å²) in [6.07, 6.45) is 7.53. The van der Waals surface area contributed by atoms with Crippen molar-refractivity contribution in [2.45, 2.75) is 44.2 Å². The summed E-state index contributed by atoms with van der Waals surface area (Å²) in [6.45, 7) is 2.39. The van der Waals surface area contributed by atoms with Crippen LogP contribution in [-0.2, 0) is 11.2 Å². The monoisotopic (exact) mass is 592 g/mol. The fourth-order valence-electron chi connectivity index (χ4n) is 5.71. The van der Waals surface area contributed by atoms with Crippen LogP contribution in [0.5, 0.6) is 0 Å². The number of hydrogen-bond acceptors (Lipinski definition) is 12. The molecule has 6 N–H and O–H groups in total. The van der Waals surface area contributed by atoms with Crippen LogP contribution < -0.4 is 27.1 Å². The zero-order valence-electron chi connectivity index (χ0n) is 22.7. The third-order valence-corrected chi connectivity index (χ3v) is 8.79. The number of carbonyl (C=O) groups excluding carboxylic acids is 1. The van der Waals surface area contributed by atoms with E-state index in [9.17, 15) is 9.59 Å². The predicted molar refractivity (Wildman–Crippen MR) is 154 cm³/mol. The molecule has 0 unspecified atom stereocenters. The lowest BCUT2D eigenvalue weighted by Gasteiger charge is -2.27. The summed E-state index contributed by atoms with van der Waals surface area (Å²) in [4.78, 5) is 33.0. The van der Waals surface area contributed by atoms with Crippen molar-refractivity contribution in [2.75, 3.05) is 36.5 Å². The molecule has 42 heavy (non-hydrogen) atoms. The van der Waals surface area contributed by atoms with Crippen LogP contribution in [0.25, 0.3) is 27.3 Å². The van der Waals surface area contributed by atoms with E-state index >= 15 is 0 Å². The number of rotatable bonds is 7. The Morgan fingerprint density at radius 1 is 1.19 bits per heavy atom. The molecule has 15 heteroatoms. The van der Waals surface area contributed by atoms with Gasteiger partial charge in [0.25, 0.3) is 5.91 Å². The Bertz CT molecular complexity index is 1840. The number of nitrogens with one attached hydrogen (secondary N) is 1. The Kier molecular flexibility index (Phi) is 6.84. The van der Waals surface area contributed by atoms with Crippen molar-refractivity contribution in [3.05, 3.63) is 51.9 Å². The maximum atomic E-state index is 12.8. The SMILES string of the molecule is NC(=O)c1c(Cc2cc(-c3coc4c(=O)cc(N5CCOCC5)oc34)sn2)nc(N[C@H]2CCCC[C@H]2[NH3+])n2cnnc12. The molecule has 0 bridgehead atoms. The average molecular weight is 593 g/mol. The van der Waals surface area contributed by atoms with Crippen molar-refractivity contribution >= 4 is 46.1 Å². The van der Waals surface area contributed by atoms with Crippen molar-refractivity contribution in [1.82, 2.24) is 24.0 Å². The minimum absolute atomic E-state index is 0.140. The summed E-state index contributed by atoms with van der Waals surface area (Å²) in [5.41, 5.74) is 12.6. The molecule has 5 aromatic rings. The van der Waals surface area contributed by atoms with E-state index in [4.69, 9.17) is 24.3 Å². The van der Waals surface area contributed by atoms with Gasteiger partial charge in [-0.25, -0.2) is 4.98 Å². The number of nitrogens with zero attached hydrogens (tertiary/aromatic N) is 6. The van der Waals surface area contributed by atoms with Crippen molar-refractivity contribution in [3.63, 3.8) is 0 Å². The zero-order valence-corrected chi connectivity index (χ0v) is 23.6. The highest BCUT2D eigenvalue weighted by atomic mass is 32.1. The van der Waals surface area contributed by atoms with Gasteiger partial charge in [0.2, 0.25) is 17.0 Å². The fraction of sp³-hybridized carbons (Fsp3) is 0.407. The summed E-state index contributed by atoms with van der Waals surface area (Å²) in [6, 6.07) is 3.70. The number of furan rings is 1. The minimum Gasteiger partial charge on any atom is -0.456 e. The summed E-state index contributed by atoms with van der Waals surface area (Å²) >= 11 is 1.23. The van der Waals surface area contributed by atoms with Crippen LogP contribution in [0.2, 0.25) is 0 Å². The number of aromatic nitrogens is 5. The Hall–Kier alpha value is -4.34. The molecule has 14 nitrogen and oxygen atoms in total. The highest BCUT2D eigenvalue weighted by Crippen LogP contribution is 2.35. The lowest BCUT2D eigenvalue weighted by atomic mass is 9.91. The van der Waals surface area contributed by atoms with Crippen LogP contribution in [0.15, 0.2) is 38.4 Å².